The van der Waals surface area contributed by atoms with Gasteiger partial charge in [-0.05, 0) is 50.1 Å². The van der Waals surface area contributed by atoms with Crippen LogP contribution in [0.4, 0.5) is 0 Å². The van der Waals surface area contributed by atoms with Gasteiger partial charge < -0.3 is 14.8 Å². The minimum atomic E-state index is -0.559. The van der Waals surface area contributed by atoms with Crippen LogP contribution in [-0.4, -0.2) is 19.1 Å². The summed E-state index contributed by atoms with van der Waals surface area (Å²) in [6, 6.07) is 15.2. The van der Waals surface area contributed by atoms with Crippen LogP contribution in [0.5, 0.6) is 11.5 Å². The summed E-state index contributed by atoms with van der Waals surface area (Å²) >= 11 is 0. The Kier molecular flexibility index (Phi) is 5.63. The van der Waals surface area contributed by atoms with Gasteiger partial charge in [0.2, 0.25) is 0 Å². The molecule has 2 unspecified atom stereocenters. The van der Waals surface area contributed by atoms with Gasteiger partial charge in [0.05, 0.1) is 13.2 Å². The van der Waals surface area contributed by atoms with E-state index >= 15 is 0 Å². The maximum Gasteiger partial charge on any atom is 0.261 e. The Labute approximate surface area is 137 Å². The Bertz CT molecular complexity index is 652. The van der Waals surface area contributed by atoms with Crippen molar-refractivity contribution in [3.8, 4) is 11.5 Å². The van der Waals surface area contributed by atoms with Gasteiger partial charge in [-0.3, -0.25) is 4.79 Å². The quantitative estimate of drug-likeness (QED) is 0.885. The van der Waals surface area contributed by atoms with E-state index in [2.05, 4.69) is 5.32 Å². The van der Waals surface area contributed by atoms with Gasteiger partial charge in [-0.25, -0.2) is 0 Å². The van der Waals surface area contributed by atoms with Crippen molar-refractivity contribution in [1.29, 1.82) is 0 Å². The number of rotatable bonds is 6. The summed E-state index contributed by atoms with van der Waals surface area (Å²) in [5, 5.41) is 2.97. The lowest BCUT2D eigenvalue weighted by Gasteiger charge is -2.20. The molecule has 0 spiro atoms. The summed E-state index contributed by atoms with van der Waals surface area (Å²) in [6.45, 7) is 5.66. The molecule has 1 amide bonds. The molecule has 0 fully saturated rings. The van der Waals surface area contributed by atoms with Gasteiger partial charge in [0.15, 0.2) is 6.10 Å². The zero-order valence-electron chi connectivity index (χ0n) is 14.0. The van der Waals surface area contributed by atoms with Crippen molar-refractivity contribution in [2.75, 3.05) is 7.11 Å². The molecule has 2 aromatic rings. The fraction of sp³-hybridized carbons (Fsp3) is 0.316. The Morgan fingerprint density at radius 3 is 2.30 bits per heavy atom. The average Bonchev–Trinajstić information content (AvgIpc) is 2.56. The number of carbonyl (C=O) groups excluding carboxylic acids is 1. The number of aryl methyl sites for hydroxylation is 1. The Morgan fingerprint density at radius 2 is 1.70 bits per heavy atom. The van der Waals surface area contributed by atoms with Crippen LogP contribution in [0.25, 0.3) is 0 Å². The van der Waals surface area contributed by atoms with Gasteiger partial charge in [0.25, 0.3) is 5.91 Å². The van der Waals surface area contributed by atoms with Crippen molar-refractivity contribution < 1.29 is 14.3 Å². The van der Waals surface area contributed by atoms with Crippen LogP contribution < -0.4 is 14.8 Å². The lowest BCUT2D eigenvalue weighted by atomic mass is 10.1. The minimum absolute atomic E-state index is 0.101. The maximum absolute atomic E-state index is 12.3. The van der Waals surface area contributed by atoms with E-state index in [1.807, 2.05) is 62.4 Å². The number of nitrogens with one attached hydrogen (secondary N) is 1. The second kappa shape index (κ2) is 7.68. The van der Waals surface area contributed by atoms with E-state index in [4.69, 9.17) is 9.47 Å². The number of ether oxygens (including phenoxy) is 2. The molecule has 4 heteroatoms. The van der Waals surface area contributed by atoms with Crippen LogP contribution in [-0.2, 0) is 4.79 Å². The smallest absolute Gasteiger partial charge is 0.261 e. The lowest BCUT2D eigenvalue weighted by Crippen LogP contribution is -2.37. The topological polar surface area (TPSA) is 47.6 Å². The third kappa shape index (κ3) is 4.49. The van der Waals surface area contributed by atoms with Crippen LogP contribution in [0.3, 0.4) is 0 Å². The first-order chi connectivity index (χ1) is 11.0. The molecule has 0 heterocycles. The number of hydrogen-bond acceptors (Lipinski definition) is 3. The third-order valence-corrected chi connectivity index (χ3v) is 3.74. The maximum atomic E-state index is 12.3. The van der Waals surface area contributed by atoms with Crippen molar-refractivity contribution in [3.05, 3.63) is 59.7 Å². The van der Waals surface area contributed by atoms with Crippen LogP contribution in [0.15, 0.2) is 48.5 Å². The Balaban J connectivity index is 1.95. The molecule has 0 aliphatic rings. The zero-order chi connectivity index (χ0) is 16.8. The fourth-order valence-electron chi connectivity index (χ4n) is 2.24. The molecule has 122 valence electrons. The van der Waals surface area contributed by atoms with E-state index in [1.54, 1.807) is 14.0 Å². The van der Waals surface area contributed by atoms with Crippen molar-refractivity contribution in [1.82, 2.24) is 5.32 Å². The third-order valence-electron chi connectivity index (χ3n) is 3.74. The molecule has 1 N–H and O–H groups in total. The first-order valence-corrected chi connectivity index (χ1v) is 7.68. The number of benzene rings is 2. The van der Waals surface area contributed by atoms with Gasteiger partial charge in [0, 0.05) is 0 Å². The summed E-state index contributed by atoms with van der Waals surface area (Å²) < 4.78 is 10.9. The van der Waals surface area contributed by atoms with E-state index in [9.17, 15) is 4.79 Å². The standard InChI is InChI=1S/C19H23NO3/c1-13-7-5-6-8-18(13)23-15(3)19(21)20-14(2)16-9-11-17(22-4)12-10-16/h5-12,14-15H,1-4H3,(H,20,21). The van der Waals surface area contributed by atoms with E-state index in [1.165, 1.54) is 0 Å². The molecule has 23 heavy (non-hydrogen) atoms. The molecule has 0 aromatic heterocycles. The molecule has 2 rings (SSSR count). The van der Waals surface area contributed by atoms with Gasteiger partial charge in [0.1, 0.15) is 11.5 Å². The summed E-state index contributed by atoms with van der Waals surface area (Å²) in [6.07, 6.45) is -0.559. The summed E-state index contributed by atoms with van der Waals surface area (Å²) in [5.41, 5.74) is 2.03. The molecular weight excluding hydrogens is 290 g/mol. The second-order valence-electron chi connectivity index (χ2n) is 5.53. The summed E-state index contributed by atoms with van der Waals surface area (Å²) in [4.78, 5) is 12.3. The predicted octanol–water partition coefficient (Wildman–Crippen LogP) is 3.65. The van der Waals surface area contributed by atoms with Crippen LogP contribution in [0.1, 0.15) is 31.0 Å². The van der Waals surface area contributed by atoms with Crippen molar-refractivity contribution in [3.63, 3.8) is 0 Å². The fourth-order valence-corrected chi connectivity index (χ4v) is 2.24. The highest BCUT2D eigenvalue weighted by Gasteiger charge is 2.18. The molecule has 0 saturated carbocycles. The molecule has 0 aliphatic carbocycles. The van der Waals surface area contributed by atoms with Crippen molar-refractivity contribution >= 4 is 5.91 Å². The largest absolute Gasteiger partial charge is 0.497 e. The minimum Gasteiger partial charge on any atom is -0.497 e. The first kappa shape index (κ1) is 16.9. The van der Waals surface area contributed by atoms with E-state index < -0.39 is 6.10 Å². The first-order valence-electron chi connectivity index (χ1n) is 7.68. The number of hydrogen-bond donors (Lipinski definition) is 1. The Hall–Kier alpha value is -2.49. The van der Waals surface area contributed by atoms with E-state index in [-0.39, 0.29) is 11.9 Å². The molecule has 2 atom stereocenters. The zero-order valence-corrected chi connectivity index (χ0v) is 14.0. The highest BCUT2D eigenvalue weighted by Crippen LogP contribution is 2.19. The molecule has 0 saturated heterocycles. The van der Waals surface area contributed by atoms with E-state index in [0.717, 1.165) is 22.6 Å². The number of para-hydroxylation sites is 1. The SMILES string of the molecule is COc1ccc(C(C)NC(=O)C(C)Oc2ccccc2C)cc1. The molecule has 0 aliphatic heterocycles. The molecule has 4 nitrogen and oxygen atoms in total. The Morgan fingerprint density at radius 1 is 1.04 bits per heavy atom. The molecule has 0 bridgehead atoms. The normalized spacial score (nSPS) is 13.0. The summed E-state index contributed by atoms with van der Waals surface area (Å²) in [5.74, 6) is 1.38. The van der Waals surface area contributed by atoms with E-state index in [0.29, 0.717) is 0 Å². The second-order valence-corrected chi connectivity index (χ2v) is 5.53. The molecule has 0 radical (unpaired) electrons. The van der Waals surface area contributed by atoms with Gasteiger partial charge in [-0.2, -0.15) is 0 Å². The number of carbonyl (C=O) groups is 1. The van der Waals surface area contributed by atoms with Crippen LogP contribution in [0, 0.1) is 6.92 Å². The predicted molar refractivity (Wildman–Crippen MR) is 90.8 cm³/mol. The van der Waals surface area contributed by atoms with Crippen molar-refractivity contribution in [2.45, 2.75) is 32.9 Å². The average molecular weight is 313 g/mol. The van der Waals surface area contributed by atoms with Gasteiger partial charge in [-0.15, -0.1) is 0 Å². The number of methoxy groups -OCH3 is 1. The molecular formula is C19H23NO3. The highest BCUT2D eigenvalue weighted by atomic mass is 16.5. The van der Waals surface area contributed by atoms with Crippen LogP contribution in [0.2, 0.25) is 0 Å². The van der Waals surface area contributed by atoms with Crippen molar-refractivity contribution in [2.24, 2.45) is 0 Å². The summed E-state index contributed by atoms with van der Waals surface area (Å²) in [7, 11) is 1.63. The van der Waals surface area contributed by atoms with Gasteiger partial charge >= 0.3 is 0 Å². The monoisotopic (exact) mass is 313 g/mol. The van der Waals surface area contributed by atoms with Crippen LogP contribution >= 0.6 is 0 Å². The highest BCUT2D eigenvalue weighted by molar-refractivity contribution is 5.81. The lowest BCUT2D eigenvalue weighted by molar-refractivity contribution is -0.127. The number of amides is 1. The van der Waals surface area contributed by atoms with Gasteiger partial charge in [-0.1, -0.05) is 30.3 Å². The molecule has 2 aromatic carbocycles.